The van der Waals surface area contributed by atoms with Crippen LogP contribution in [0.4, 0.5) is 8.78 Å². The number of ether oxygens (including phenoxy) is 1. The summed E-state index contributed by atoms with van der Waals surface area (Å²) in [6.45, 7) is 10.8. The standard InChI is InChI=1S/C15H22F2O2/c1-8-9(15(8,16)17)7-10-11(14(10,5)6)12(18)19-13(2,3)4/h7-8,10-11H,1-6H3/b9-7+/t8?,10-,11-/m0/s1. The topological polar surface area (TPSA) is 26.3 Å². The van der Waals surface area contributed by atoms with Crippen LogP contribution < -0.4 is 0 Å². The maximum atomic E-state index is 13.2. The molecule has 2 rings (SSSR count). The molecule has 3 atom stereocenters. The van der Waals surface area contributed by atoms with Crippen molar-refractivity contribution in [1.82, 2.24) is 0 Å². The normalized spacial score (nSPS) is 37.1. The van der Waals surface area contributed by atoms with E-state index in [-0.39, 0.29) is 28.8 Å². The molecule has 0 spiro atoms. The second-order valence-electron chi connectivity index (χ2n) is 7.32. The highest BCUT2D eigenvalue weighted by Gasteiger charge is 2.66. The molecule has 2 nitrogen and oxygen atoms in total. The lowest BCUT2D eigenvalue weighted by Crippen LogP contribution is -2.26. The molecule has 0 aromatic heterocycles. The second-order valence-corrected chi connectivity index (χ2v) is 7.32. The summed E-state index contributed by atoms with van der Waals surface area (Å²) < 4.78 is 31.8. The van der Waals surface area contributed by atoms with Crippen LogP contribution in [0.15, 0.2) is 11.6 Å². The summed E-state index contributed by atoms with van der Waals surface area (Å²) in [6.07, 6.45) is 1.60. The number of rotatable bonds is 2. The zero-order chi connectivity index (χ0) is 14.8. The first-order valence-corrected chi connectivity index (χ1v) is 6.72. The zero-order valence-electron chi connectivity index (χ0n) is 12.4. The van der Waals surface area contributed by atoms with Gasteiger partial charge in [-0.05, 0) is 32.1 Å². The van der Waals surface area contributed by atoms with Crippen LogP contribution in [0.5, 0.6) is 0 Å². The Morgan fingerprint density at radius 1 is 1.32 bits per heavy atom. The van der Waals surface area contributed by atoms with Crippen molar-refractivity contribution in [2.45, 2.75) is 53.1 Å². The van der Waals surface area contributed by atoms with Gasteiger partial charge < -0.3 is 4.74 Å². The maximum absolute atomic E-state index is 13.2. The maximum Gasteiger partial charge on any atom is 0.310 e. The minimum absolute atomic E-state index is 0.131. The quantitative estimate of drug-likeness (QED) is 0.564. The predicted octanol–water partition coefficient (Wildman–Crippen LogP) is 3.81. The largest absolute Gasteiger partial charge is 0.460 e. The molecule has 0 aromatic rings. The lowest BCUT2D eigenvalue weighted by molar-refractivity contribution is -0.157. The first-order valence-electron chi connectivity index (χ1n) is 6.72. The second kappa shape index (κ2) is 3.80. The van der Waals surface area contributed by atoms with Crippen LogP contribution in [0.25, 0.3) is 0 Å². The van der Waals surface area contributed by atoms with E-state index in [2.05, 4.69) is 0 Å². The molecule has 0 aliphatic heterocycles. The highest BCUT2D eigenvalue weighted by Crippen LogP contribution is 2.64. The summed E-state index contributed by atoms with van der Waals surface area (Å²) in [4.78, 5) is 12.1. The fourth-order valence-electron chi connectivity index (χ4n) is 2.69. The van der Waals surface area contributed by atoms with Crippen LogP contribution in [-0.4, -0.2) is 17.5 Å². The molecule has 1 unspecified atom stereocenters. The van der Waals surface area contributed by atoms with Crippen LogP contribution in [-0.2, 0) is 9.53 Å². The van der Waals surface area contributed by atoms with Gasteiger partial charge in [0.1, 0.15) is 5.60 Å². The van der Waals surface area contributed by atoms with Crippen molar-refractivity contribution in [3.05, 3.63) is 11.6 Å². The van der Waals surface area contributed by atoms with E-state index in [9.17, 15) is 13.6 Å². The predicted molar refractivity (Wildman–Crippen MR) is 68.8 cm³/mol. The Hall–Kier alpha value is -0.930. The number of allylic oxidation sites excluding steroid dienone is 2. The van der Waals surface area contributed by atoms with Crippen LogP contribution >= 0.6 is 0 Å². The van der Waals surface area contributed by atoms with Crippen LogP contribution in [0, 0.1) is 23.2 Å². The van der Waals surface area contributed by atoms with Crippen LogP contribution in [0.2, 0.25) is 0 Å². The third-order valence-corrected chi connectivity index (χ3v) is 4.24. The van der Waals surface area contributed by atoms with Gasteiger partial charge in [-0.25, -0.2) is 8.78 Å². The van der Waals surface area contributed by atoms with Crippen molar-refractivity contribution in [1.29, 1.82) is 0 Å². The molecule has 2 saturated carbocycles. The van der Waals surface area contributed by atoms with E-state index in [0.717, 1.165) is 0 Å². The molecule has 4 heteroatoms. The molecule has 108 valence electrons. The molecule has 0 amide bonds. The fourth-order valence-corrected chi connectivity index (χ4v) is 2.69. The Kier molecular flexibility index (Phi) is 2.89. The third-order valence-electron chi connectivity index (χ3n) is 4.24. The van der Waals surface area contributed by atoms with E-state index in [4.69, 9.17) is 4.74 Å². The minimum atomic E-state index is -2.67. The molecule has 0 aromatic carbocycles. The Morgan fingerprint density at radius 3 is 2.16 bits per heavy atom. The lowest BCUT2D eigenvalue weighted by atomic mass is 10.1. The van der Waals surface area contributed by atoms with E-state index < -0.39 is 17.4 Å². The van der Waals surface area contributed by atoms with Crippen molar-refractivity contribution in [2.24, 2.45) is 23.2 Å². The van der Waals surface area contributed by atoms with Crippen molar-refractivity contribution < 1.29 is 18.3 Å². The number of esters is 1. The summed E-state index contributed by atoms with van der Waals surface area (Å²) in [5.41, 5.74) is -0.644. The summed E-state index contributed by atoms with van der Waals surface area (Å²) in [5, 5.41) is 0. The van der Waals surface area contributed by atoms with Crippen molar-refractivity contribution in [3.63, 3.8) is 0 Å². The summed E-state index contributed by atoms with van der Waals surface area (Å²) in [6, 6.07) is 0. The average Bonchev–Trinajstić information content (AvgIpc) is 2.88. The molecule has 19 heavy (non-hydrogen) atoms. The molecule has 0 N–H and O–H groups in total. The van der Waals surface area contributed by atoms with E-state index in [0.29, 0.717) is 0 Å². The SMILES string of the molecule is CC1/C(=C\[C@H]2[C@@H](C(=O)OC(C)(C)C)C2(C)C)C1(F)F. The lowest BCUT2D eigenvalue weighted by Gasteiger charge is -2.19. The first kappa shape index (κ1) is 14.5. The summed E-state index contributed by atoms with van der Waals surface area (Å²) in [7, 11) is 0. The number of hydrogen-bond acceptors (Lipinski definition) is 2. The van der Waals surface area contributed by atoms with Gasteiger partial charge >= 0.3 is 5.97 Å². The van der Waals surface area contributed by atoms with Gasteiger partial charge in [0, 0.05) is 5.57 Å². The molecule has 2 aliphatic rings. The minimum Gasteiger partial charge on any atom is -0.460 e. The van der Waals surface area contributed by atoms with Crippen molar-refractivity contribution >= 4 is 5.97 Å². The van der Waals surface area contributed by atoms with E-state index in [1.54, 1.807) is 6.08 Å². The molecular weight excluding hydrogens is 250 g/mol. The smallest absolute Gasteiger partial charge is 0.310 e. The number of carbonyl (C=O) groups excluding carboxylic acids is 1. The molecule has 2 fully saturated rings. The van der Waals surface area contributed by atoms with Crippen LogP contribution in [0.3, 0.4) is 0 Å². The summed E-state index contributed by atoms with van der Waals surface area (Å²) >= 11 is 0. The monoisotopic (exact) mass is 272 g/mol. The number of alkyl halides is 2. The number of halogens is 2. The van der Waals surface area contributed by atoms with Gasteiger partial charge in [-0.2, -0.15) is 0 Å². The fraction of sp³-hybridized carbons (Fsp3) is 0.800. The molecule has 2 aliphatic carbocycles. The number of carbonyl (C=O) groups is 1. The van der Waals surface area contributed by atoms with E-state index in [1.807, 2.05) is 34.6 Å². The Labute approximate surface area is 113 Å². The molecular formula is C15H22F2O2. The van der Waals surface area contributed by atoms with Gasteiger partial charge in [0.15, 0.2) is 0 Å². The van der Waals surface area contributed by atoms with Crippen molar-refractivity contribution in [2.75, 3.05) is 0 Å². The Morgan fingerprint density at radius 2 is 1.79 bits per heavy atom. The summed E-state index contributed by atoms with van der Waals surface area (Å²) in [5.74, 6) is -4.06. The van der Waals surface area contributed by atoms with Gasteiger partial charge in [-0.15, -0.1) is 0 Å². The highest BCUT2D eigenvalue weighted by molar-refractivity contribution is 5.78. The van der Waals surface area contributed by atoms with Gasteiger partial charge in [0.25, 0.3) is 5.92 Å². The molecule has 0 heterocycles. The van der Waals surface area contributed by atoms with Crippen LogP contribution in [0.1, 0.15) is 41.5 Å². The van der Waals surface area contributed by atoms with Gasteiger partial charge in [-0.3, -0.25) is 4.79 Å². The third kappa shape index (κ3) is 2.41. The highest BCUT2D eigenvalue weighted by atomic mass is 19.3. The van der Waals surface area contributed by atoms with Gasteiger partial charge in [0.05, 0.1) is 11.8 Å². The van der Waals surface area contributed by atoms with Gasteiger partial charge in [-0.1, -0.05) is 26.8 Å². The molecule has 0 bridgehead atoms. The zero-order valence-corrected chi connectivity index (χ0v) is 12.4. The van der Waals surface area contributed by atoms with E-state index in [1.165, 1.54) is 6.92 Å². The Balaban J connectivity index is 2.08. The van der Waals surface area contributed by atoms with Crippen molar-refractivity contribution in [3.8, 4) is 0 Å². The first-order chi connectivity index (χ1) is 8.39. The average molecular weight is 272 g/mol. The Bertz CT molecular complexity index is 444. The molecule has 0 saturated heterocycles. The van der Waals surface area contributed by atoms with E-state index >= 15 is 0 Å². The van der Waals surface area contributed by atoms with Gasteiger partial charge in [0.2, 0.25) is 0 Å². The molecule has 0 radical (unpaired) electrons. The number of hydrogen-bond donors (Lipinski definition) is 0.